The summed E-state index contributed by atoms with van der Waals surface area (Å²) in [6.07, 6.45) is 1.11. The van der Waals surface area contributed by atoms with E-state index in [0.717, 1.165) is 0 Å². The van der Waals surface area contributed by atoms with E-state index in [4.69, 9.17) is 14.3 Å². The fraction of sp³-hybridized carbons (Fsp3) is 0.565. The van der Waals surface area contributed by atoms with Crippen LogP contribution in [0.15, 0.2) is 24.3 Å². The van der Waals surface area contributed by atoms with Crippen molar-refractivity contribution in [1.82, 2.24) is 9.96 Å². The van der Waals surface area contributed by atoms with Gasteiger partial charge in [-0.05, 0) is 58.1 Å². The van der Waals surface area contributed by atoms with E-state index < -0.39 is 34.9 Å². The summed E-state index contributed by atoms with van der Waals surface area (Å²) in [5.74, 6) is -2.11. The van der Waals surface area contributed by atoms with Gasteiger partial charge in [0.15, 0.2) is 0 Å². The third kappa shape index (κ3) is 3.97. The molecule has 9 heteroatoms. The predicted molar refractivity (Wildman–Crippen MR) is 111 cm³/mol. The molecule has 0 spiro atoms. The second kappa shape index (κ2) is 8.20. The highest BCUT2D eigenvalue weighted by atomic mass is 16.7. The average molecular weight is 444 g/mol. The summed E-state index contributed by atoms with van der Waals surface area (Å²) < 4.78 is 10.9. The summed E-state index contributed by atoms with van der Waals surface area (Å²) in [5.41, 5.74) is -1.31. The zero-order valence-corrected chi connectivity index (χ0v) is 18.6. The maximum Gasteiger partial charge on any atom is 0.410 e. The normalized spacial score (nSPS) is 24.0. The van der Waals surface area contributed by atoms with E-state index in [1.54, 1.807) is 32.9 Å². The Labute approximate surface area is 186 Å². The number of hydrogen-bond donors (Lipinski definition) is 0. The smallest absolute Gasteiger partial charge is 0.410 e. The Hall–Kier alpha value is -2.94. The molecule has 1 atom stereocenters. The third-order valence-corrected chi connectivity index (χ3v) is 6.29. The molecule has 0 radical (unpaired) electrons. The van der Waals surface area contributed by atoms with Crippen LogP contribution in [0.1, 0.15) is 60.7 Å². The predicted octanol–water partition coefficient (Wildman–Crippen LogP) is 2.79. The molecule has 0 saturated carbocycles. The van der Waals surface area contributed by atoms with Crippen molar-refractivity contribution in [3.8, 4) is 0 Å². The molecule has 3 heterocycles. The molecule has 2 saturated heterocycles. The second-order valence-electron chi connectivity index (χ2n) is 9.52. The first kappa shape index (κ1) is 22.3. The van der Waals surface area contributed by atoms with Crippen LogP contribution in [0, 0.1) is 11.3 Å². The Morgan fingerprint density at radius 1 is 1.06 bits per heavy atom. The van der Waals surface area contributed by atoms with E-state index in [2.05, 4.69) is 0 Å². The van der Waals surface area contributed by atoms with Crippen LogP contribution in [0.4, 0.5) is 4.79 Å². The molecule has 3 aliphatic rings. The number of ether oxygens (including phenoxy) is 2. The number of likely N-dealkylation sites (tertiary alicyclic amines) is 1. The summed E-state index contributed by atoms with van der Waals surface area (Å²) >= 11 is 0. The van der Waals surface area contributed by atoms with Crippen LogP contribution in [-0.4, -0.2) is 65.7 Å². The number of hydrogen-bond acceptors (Lipinski definition) is 7. The van der Waals surface area contributed by atoms with E-state index in [0.29, 0.717) is 44.1 Å². The lowest BCUT2D eigenvalue weighted by atomic mass is 9.71. The van der Waals surface area contributed by atoms with Crippen LogP contribution >= 0.6 is 0 Å². The Balaban J connectivity index is 1.56. The molecule has 32 heavy (non-hydrogen) atoms. The van der Waals surface area contributed by atoms with Crippen LogP contribution < -0.4 is 0 Å². The van der Waals surface area contributed by atoms with Crippen molar-refractivity contribution >= 4 is 23.9 Å². The number of carbonyl (C=O) groups is 4. The Kier molecular flexibility index (Phi) is 5.70. The van der Waals surface area contributed by atoms with E-state index >= 15 is 0 Å². The van der Waals surface area contributed by atoms with Gasteiger partial charge in [0, 0.05) is 26.3 Å². The Bertz CT molecular complexity index is 913. The maximum absolute atomic E-state index is 13.5. The van der Waals surface area contributed by atoms with Gasteiger partial charge in [-0.25, -0.2) is 9.59 Å². The van der Waals surface area contributed by atoms with Crippen LogP contribution in [0.25, 0.3) is 0 Å². The van der Waals surface area contributed by atoms with Gasteiger partial charge in [-0.15, -0.1) is 0 Å². The van der Waals surface area contributed by atoms with Crippen molar-refractivity contribution in [3.05, 3.63) is 35.4 Å². The quantitative estimate of drug-likeness (QED) is 0.661. The van der Waals surface area contributed by atoms with Gasteiger partial charge in [-0.3, -0.25) is 9.59 Å². The summed E-state index contributed by atoms with van der Waals surface area (Å²) in [4.78, 5) is 58.5. The zero-order chi connectivity index (χ0) is 23.1. The monoisotopic (exact) mass is 444 g/mol. The molecular weight excluding hydrogens is 416 g/mol. The molecule has 1 aromatic rings. The van der Waals surface area contributed by atoms with Gasteiger partial charge in [0.05, 0.1) is 16.5 Å². The molecule has 4 rings (SSSR count). The maximum atomic E-state index is 13.5. The van der Waals surface area contributed by atoms with Crippen LogP contribution in [0.5, 0.6) is 0 Å². The highest BCUT2D eigenvalue weighted by molar-refractivity contribution is 6.20. The number of rotatable bonds is 3. The van der Waals surface area contributed by atoms with E-state index in [1.165, 1.54) is 17.0 Å². The van der Waals surface area contributed by atoms with Gasteiger partial charge in [0.25, 0.3) is 11.8 Å². The van der Waals surface area contributed by atoms with E-state index in [-0.39, 0.29) is 23.6 Å². The van der Waals surface area contributed by atoms with Crippen LogP contribution in [0.3, 0.4) is 0 Å². The summed E-state index contributed by atoms with van der Waals surface area (Å²) in [7, 11) is 0. The van der Waals surface area contributed by atoms with Gasteiger partial charge < -0.3 is 19.2 Å². The first-order valence-corrected chi connectivity index (χ1v) is 10.9. The van der Waals surface area contributed by atoms with Gasteiger partial charge in [0.2, 0.25) is 0 Å². The largest absolute Gasteiger partial charge is 0.444 e. The second-order valence-corrected chi connectivity index (χ2v) is 9.52. The minimum Gasteiger partial charge on any atom is -0.444 e. The lowest BCUT2D eigenvalue weighted by Crippen LogP contribution is -2.48. The van der Waals surface area contributed by atoms with Crippen molar-refractivity contribution in [3.63, 3.8) is 0 Å². The van der Waals surface area contributed by atoms with Gasteiger partial charge >= 0.3 is 12.1 Å². The first-order valence-electron chi connectivity index (χ1n) is 10.9. The molecule has 0 aromatic heterocycles. The topological polar surface area (TPSA) is 102 Å². The molecule has 172 valence electrons. The number of benzene rings is 1. The Morgan fingerprint density at radius 3 is 2.22 bits per heavy atom. The van der Waals surface area contributed by atoms with Crippen molar-refractivity contribution in [2.24, 2.45) is 11.3 Å². The third-order valence-electron chi connectivity index (χ3n) is 6.29. The lowest BCUT2D eigenvalue weighted by molar-refractivity contribution is -0.186. The highest BCUT2D eigenvalue weighted by Crippen LogP contribution is 2.44. The summed E-state index contributed by atoms with van der Waals surface area (Å²) in [5, 5.41) is 0.546. The molecule has 3 amide bonds. The van der Waals surface area contributed by atoms with Crippen molar-refractivity contribution < 1.29 is 33.5 Å². The zero-order valence-electron chi connectivity index (χ0n) is 18.6. The average Bonchev–Trinajstić information content (AvgIpc) is 3.31. The fourth-order valence-corrected chi connectivity index (χ4v) is 4.66. The Morgan fingerprint density at radius 2 is 1.66 bits per heavy atom. The SMILES string of the molecule is CC(C)(C)OC(=O)N1CCC(C(=O)ON2C(=O)c3ccccc3C2=O)(C2CCOCC2)C1. The fourth-order valence-electron chi connectivity index (χ4n) is 4.66. The molecule has 1 aromatic carbocycles. The molecule has 1 unspecified atom stereocenters. The summed E-state index contributed by atoms with van der Waals surface area (Å²) in [6, 6.07) is 6.35. The molecule has 9 nitrogen and oxygen atoms in total. The number of hydroxylamine groups is 2. The minimum absolute atomic E-state index is 0.105. The minimum atomic E-state index is -1.05. The number of amides is 3. The van der Waals surface area contributed by atoms with Crippen LogP contribution in [-0.2, 0) is 19.1 Å². The summed E-state index contributed by atoms with van der Waals surface area (Å²) in [6.45, 7) is 6.77. The van der Waals surface area contributed by atoms with E-state index in [9.17, 15) is 19.2 Å². The van der Waals surface area contributed by atoms with Crippen molar-refractivity contribution in [2.75, 3.05) is 26.3 Å². The lowest BCUT2D eigenvalue weighted by Gasteiger charge is -2.37. The van der Waals surface area contributed by atoms with Gasteiger partial charge in [-0.1, -0.05) is 17.2 Å². The van der Waals surface area contributed by atoms with E-state index in [1.807, 2.05) is 0 Å². The number of nitrogens with zero attached hydrogens (tertiary/aromatic N) is 2. The van der Waals surface area contributed by atoms with Crippen molar-refractivity contribution in [1.29, 1.82) is 0 Å². The molecule has 0 N–H and O–H groups in total. The number of imide groups is 1. The molecule has 2 fully saturated rings. The van der Waals surface area contributed by atoms with Gasteiger partial charge in [-0.2, -0.15) is 0 Å². The first-order chi connectivity index (χ1) is 15.1. The highest BCUT2D eigenvalue weighted by Gasteiger charge is 2.55. The number of fused-ring (bicyclic) bond motifs is 1. The van der Waals surface area contributed by atoms with Gasteiger partial charge in [0.1, 0.15) is 5.60 Å². The standard InChI is InChI=1S/C23H28N2O7/c1-22(2,3)31-21(29)24-11-10-23(14-24,15-8-12-30-13-9-15)20(28)32-25-18(26)16-6-4-5-7-17(16)19(25)27/h4-7,15H,8-14H2,1-3H3. The molecular formula is C23H28N2O7. The molecule has 0 bridgehead atoms. The van der Waals surface area contributed by atoms with Crippen molar-refractivity contribution in [2.45, 2.75) is 45.6 Å². The van der Waals surface area contributed by atoms with Crippen LogP contribution in [0.2, 0.25) is 0 Å². The number of carbonyl (C=O) groups excluding carboxylic acids is 4. The molecule has 0 aliphatic carbocycles. The molecule has 3 aliphatic heterocycles.